The summed E-state index contributed by atoms with van der Waals surface area (Å²) >= 11 is 0. The highest BCUT2D eigenvalue weighted by atomic mass is 16.6. The van der Waals surface area contributed by atoms with Crippen LogP contribution >= 0.6 is 0 Å². The van der Waals surface area contributed by atoms with Gasteiger partial charge in [-0.2, -0.15) is 0 Å². The molecule has 0 radical (unpaired) electrons. The number of nitrogens with zero attached hydrogens (tertiary/aromatic N) is 2. The second-order valence-electron chi connectivity index (χ2n) is 8.25. The molecule has 2 aromatic carbocycles. The highest BCUT2D eigenvalue weighted by Crippen LogP contribution is 2.45. The Hall–Kier alpha value is -4.66. The summed E-state index contributed by atoms with van der Waals surface area (Å²) in [6.07, 6.45) is 3.96. The molecule has 0 aliphatic carbocycles. The fourth-order valence-electron chi connectivity index (χ4n) is 4.24. The Morgan fingerprint density at radius 3 is 1.36 bits per heavy atom. The largest absolute Gasteiger partial charge is 0.458 e. The molecule has 0 aliphatic rings. The first kappa shape index (κ1) is 21.8. The maximum Gasteiger partial charge on any atom is 0.224 e. The van der Waals surface area contributed by atoms with E-state index in [1.807, 2.05) is 48.5 Å². The van der Waals surface area contributed by atoms with Gasteiger partial charge in [0, 0.05) is 57.7 Å². The van der Waals surface area contributed by atoms with Crippen LogP contribution in [0.3, 0.4) is 0 Å². The Bertz CT molecular complexity index is 1510. The topological polar surface area (TPSA) is 116 Å². The number of pyridine rings is 2. The van der Waals surface area contributed by atoms with Crippen LogP contribution in [0.1, 0.15) is 23.7 Å². The Balaban J connectivity index is 1.50. The Morgan fingerprint density at radius 2 is 0.944 bits per heavy atom. The molecule has 2 unspecified atom stereocenters. The van der Waals surface area contributed by atoms with Crippen LogP contribution in [0.25, 0.3) is 33.2 Å². The number of hydrogen-bond acceptors (Lipinski definition) is 6. The van der Waals surface area contributed by atoms with Gasteiger partial charge in [0.15, 0.2) is 11.5 Å². The Morgan fingerprint density at radius 1 is 0.556 bits per heavy atom. The van der Waals surface area contributed by atoms with E-state index in [2.05, 4.69) is 19.9 Å². The summed E-state index contributed by atoms with van der Waals surface area (Å²) in [5.41, 5.74) is 3.95. The predicted molar refractivity (Wildman–Crippen MR) is 135 cm³/mol. The summed E-state index contributed by atoms with van der Waals surface area (Å²) in [4.78, 5) is 14.8. The van der Waals surface area contributed by atoms with E-state index in [0.29, 0.717) is 34.0 Å². The number of aliphatic hydroxyl groups is 2. The number of para-hydroxylation sites is 2. The van der Waals surface area contributed by atoms with Crippen molar-refractivity contribution in [2.45, 2.75) is 12.6 Å². The number of hydrogen-bond donors (Lipinski definition) is 4. The minimum atomic E-state index is -1.22. The SMILES string of the molecule is OC(Oc1c(-c2[nH]c3ccccc3c2OC(O)c2ccncc2)[nH]c2ccccc12)c1ccncc1. The van der Waals surface area contributed by atoms with Crippen LogP contribution in [0.5, 0.6) is 11.5 Å². The van der Waals surface area contributed by atoms with E-state index in [4.69, 9.17) is 9.47 Å². The van der Waals surface area contributed by atoms with Gasteiger partial charge in [0.2, 0.25) is 12.6 Å². The van der Waals surface area contributed by atoms with Gasteiger partial charge in [-0.05, 0) is 48.5 Å². The van der Waals surface area contributed by atoms with Crippen LogP contribution in [-0.2, 0) is 0 Å². The van der Waals surface area contributed by atoms with Crippen LogP contribution < -0.4 is 9.47 Å². The van der Waals surface area contributed by atoms with E-state index in [1.165, 1.54) is 0 Å². The van der Waals surface area contributed by atoms with Crippen LogP contribution in [0.2, 0.25) is 0 Å². The van der Waals surface area contributed by atoms with Crippen LogP contribution in [0, 0.1) is 0 Å². The summed E-state index contributed by atoms with van der Waals surface area (Å²) in [5.74, 6) is 0.898. The van der Waals surface area contributed by atoms with E-state index < -0.39 is 12.6 Å². The highest BCUT2D eigenvalue weighted by Gasteiger charge is 2.25. The third-order valence-electron chi connectivity index (χ3n) is 6.01. The molecule has 0 saturated heterocycles. The minimum Gasteiger partial charge on any atom is -0.458 e. The number of fused-ring (bicyclic) bond motifs is 2. The lowest BCUT2D eigenvalue weighted by Gasteiger charge is -2.17. The van der Waals surface area contributed by atoms with Crippen molar-refractivity contribution in [2.75, 3.05) is 0 Å². The van der Waals surface area contributed by atoms with Crippen molar-refractivity contribution < 1.29 is 19.7 Å². The predicted octanol–water partition coefficient (Wildman–Crippen LogP) is 5.25. The molecule has 0 bridgehead atoms. The molecule has 8 heteroatoms. The average Bonchev–Trinajstić information content (AvgIpc) is 3.48. The zero-order valence-electron chi connectivity index (χ0n) is 19.0. The third-order valence-corrected chi connectivity index (χ3v) is 6.01. The van der Waals surface area contributed by atoms with Crippen LogP contribution in [0.4, 0.5) is 0 Å². The van der Waals surface area contributed by atoms with Crippen molar-refractivity contribution in [1.29, 1.82) is 0 Å². The zero-order valence-corrected chi connectivity index (χ0v) is 19.0. The highest BCUT2D eigenvalue weighted by molar-refractivity contribution is 6.00. The van der Waals surface area contributed by atoms with Crippen molar-refractivity contribution >= 4 is 21.8 Å². The average molecular weight is 479 g/mol. The first-order chi connectivity index (χ1) is 17.7. The molecule has 0 fully saturated rings. The normalized spacial score (nSPS) is 13.1. The number of aliphatic hydroxyl groups excluding tert-OH is 2. The van der Waals surface area contributed by atoms with Crippen molar-refractivity contribution in [3.05, 3.63) is 109 Å². The standard InChI is InChI=1S/C28H22N4O4/c33-27(17-9-13-29-14-10-17)35-25-19-5-1-3-7-21(19)31-23(25)24-26(20-6-2-4-8-22(20)32-24)36-28(34)18-11-15-30-16-12-18/h1-16,27-28,31-34H. The Kier molecular flexibility index (Phi) is 5.57. The number of benzene rings is 2. The summed E-state index contributed by atoms with van der Waals surface area (Å²) in [6, 6.07) is 22.1. The van der Waals surface area contributed by atoms with Crippen LogP contribution in [0.15, 0.2) is 97.6 Å². The molecule has 4 aromatic heterocycles. The summed E-state index contributed by atoms with van der Waals surface area (Å²) in [6.45, 7) is 0. The maximum absolute atomic E-state index is 10.9. The molecule has 4 heterocycles. The molecule has 0 aliphatic heterocycles. The lowest BCUT2D eigenvalue weighted by Crippen LogP contribution is -2.08. The quantitative estimate of drug-likeness (QED) is 0.233. The zero-order chi connectivity index (χ0) is 24.5. The van der Waals surface area contributed by atoms with Crippen molar-refractivity contribution in [3.63, 3.8) is 0 Å². The molecule has 6 rings (SSSR count). The van der Waals surface area contributed by atoms with E-state index >= 15 is 0 Å². The summed E-state index contributed by atoms with van der Waals surface area (Å²) in [7, 11) is 0. The molecule has 8 nitrogen and oxygen atoms in total. The molecule has 2 atom stereocenters. The van der Waals surface area contributed by atoms with E-state index in [9.17, 15) is 10.2 Å². The molecule has 36 heavy (non-hydrogen) atoms. The number of rotatable bonds is 7. The smallest absolute Gasteiger partial charge is 0.224 e. The minimum absolute atomic E-state index is 0.449. The maximum atomic E-state index is 10.9. The summed E-state index contributed by atoms with van der Waals surface area (Å²) in [5, 5.41) is 23.3. The monoisotopic (exact) mass is 478 g/mol. The number of nitrogens with one attached hydrogen (secondary N) is 2. The van der Waals surface area contributed by atoms with Gasteiger partial charge in [0.25, 0.3) is 0 Å². The molecule has 178 valence electrons. The van der Waals surface area contributed by atoms with Crippen LogP contribution in [-0.4, -0.2) is 30.1 Å². The second-order valence-corrected chi connectivity index (χ2v) is 8.25. The fraction of sp³-hybridized carbons (Fsp3) is 0.0714. The van der Waals surface area contributed by atoms with Crippen molar-refractivity contribution in [2.24, 2.45) is 0 Å². The molecular formula is C28H22N4O4. The van der Waals surface area contributed by atoms with Gasteiger partial charge in [-0.1, -0.05) is 24.3 Å². The van der Waals surface area contributed by atoms with E-state index in [0.717, 1.165) is 21.8 Å². The van der Waals surface area contributed by atoms with Crippen molar-refractivity contribution in [3.8, 4) is 22.9 Å². The van der Waals surface area contributed by atoms with Gasteiger partial charge in [0.05, 0.1) is 0 Å². The number of H-pyrrole nitrogens is 2. The Labute approximate surface area is 205 Å². The number of aromatic amines is 2. The van der Waals surface area contributed by atoms with Gasteiger partial charge in [-0.3, -0.25) is 9.97 Å². The first-order valence-corrected chi connectivity index (χ1v) is 11.4. The van der Waals surface area contributed by atoms with Gasteiger partial charge < -0.3 is 29.7 Å². The van der Waals surface area contributed by atoms with E-state index in [1.54, 1.807) is 49.1 Å². The number of aromatic nitrogens is 4. The van der Waals surface area contributed by atoms with Gasteiger partial charge in [0.1, 0.15) is 11.4 Å². The van der Waals surface area contributed by atoms with Crippen molar-refractivity contribution in [1.82, 2.24) is 19.9 Å². The van der Waals surface area contributed by atoms with E-state index in [-0.39, 0.29) is 0 Å². The lowest BCUT2D eigenvalue weighted by molar-refractivity contribution is -0.0197. The third kappa shape index (κ3) is 3.94. The van der Waals surface area contributed by atoms with Gasteiger partial charge in [-0.25, -0.2) is 0 Å². The molecule has 0 saturated carbocycles. The molecule has 6 aromatic rings. The molecule has 0 spiro atoms. The lowest BCUT2D eigenvalue weighted by atomic mass is 10.2. The molecule has 4 N–H and O–H groups in total. The van der Waals surface area contributed by atoms with Gasteiger partial charge in [-0.15, -0.1) is 0 Å². The molecule has 0 amide bonds. The first-order valence-electron chi connectivity index (χ1n) is 11.4. The number of ether oxygens (including phenoxy) is 2. The molecular weight excluding hydrogens is 456 g/mol. The van der Waals surface area contributed by atoms with Gasteiger partial charge >= 0.3 is 0 Å². The fourth-order valence-corrected chi connectivity index (χ4v) is 4.24. The second kappa shape index (κ2) is 9.18. The summed E-state index contributed by atoms with van der Waals surface area (Å²) < 4.78 is 12.3.